The maximum atomic E-state index is 14.4. The van der Waals surface area contributed by atoms with Gasteiger partial charge in [0.15, 0.2) is 0 Å². The van der Waals surface area contributed by atoms with Crippen molar-refractivity contribution in [3.05, 3.63) is 52.2 Å². The second-order valence-corrected chi connectivity index (χ2v) is 8.62. The molecule has 3 aromatic rings. The number of thioether (sulfide) groups is 1. The van der Waals surface area contributed by atoms with E-state index in [1.54, 1.807) is 17.6 Å². The minimum Gasteiger partial charge on any atom is -0.487 e. The van der Waals surface area contributed by atoms with Gasteiger partial charge in [-0.15, -0.1) is 11.3 Å². The fourth-order valence-electron chi connectivity index (χ4n) is 3.21. The smallest absolute Gasteiger partial charge is 0.270 e. The molecule has 150 valence electrons. The lowest BCUT2D eigenvalue weighted by Gasteiger charge is -2.14. The summed E-state index contributed by atoms with van der Waals surface area (Å²) in [6, 6.07) is 3.10. The Bertz CT molecular complexity index is 1090. The lowest BCUT2D eigenvalue weighted by Crippen LogP contribution is -2.34. The molecule has 6 nitrogen and oxygen atoms in total. The number of carbonyl (C=O) groups excluding carboxylic acids is 1. The number of thiazole rings is 1. The third-order valence-electron chi connectivity index (χ3n) is 4.63. The minimum absolute atomic E-state index is 0.261. The summed E-state index contributed by atoms with van der Waals surface area (Å²) in [4.78, 5) is 25.5. The highest BCUT2D eigenvalue weighted by atomic mass is 32.2. The topological polar surface area (TPSA) is 77.0 Å². The van der Waals surface area contributed by atoms with Crippen molar-refractivity contribution in [3.8, 4) is 17.0 Å². The van der Waals surface area contributed by atoms with Crippen molar-refractivity contribution in [2.75, 3.05) is 12.8 Å². The van der Waals surface area contributed by atoms with Crippen molar-refractivity contribution < 1.29 is 13.9 Å². The van der Waals surface area contributed by atoms with Crippen molar-refractivity contribution in [2.24, 2.45) is 0 Å². The van der Waals surface area contributed by atoms with E-state index < -0.39 is 0 Å². The number of hydrogen-bond donors (Lipinski definition) is 1. The number of benzene rings is 1. The predicted octanol–water partition coefficient (Wildman–Crippen LogP) is 3.81. The van der Waals surface area contributed by atoms with Crippen LogP contribution < -0.4 is 10.1 Å². The zero-order valence-corrected chi connectivity index (χ0v) is 17.8. The summed E-state index contributed by atoms with van der Waals surface area (Å²) in [5.41, 5.74) is 3.80. The van der Waals surface area contributed by atoms with Gasteiger partial charge in [-0.1, -0.05) is 11.8 Å². The van der Waals surface area contributed by atoms with Gasteiger partial charge in [-0.25, -0.2) is 14.4 Å². The quantitative estimate of drug-likeness (QED) is 0.621. The molecule has 0 spiro atoms. The van der Waals surface area contributed by atoms with E-state index in [0.717, 1.165) is 15.7 Å². The Morgan fingerprint density at radius 2 is 2.21 bits per heavy atom. The van der Waals surface area contributed by atoms with Crippen LogP contribution in [0.5, 0.6) is 5.75 Å². The van der Waals surface area contributed by atoms with Gasteiger partial charge in [-0.05, 0) is 32.2 Å². The molecule has 0 aliphatic carbocycles. The molecule has 1 aliphatic rings. The Morgan fingerprint density at radius 3 is 2.97 bits per heavy atom. The second kappa shape index (κ2) is 8.08. The van der Waals surface area contributed by atoms with Gasteiger partial charge in [0.1, 0.15) is 27.7 Å². The molecule has 0 fully saturated rings. The number of aryl methyl sites for hydroxylation is 2. The molecular formula is C20H19FN4O2S2. The van der Waals surface area contributed by atoms with Crippen LogP contribution in [0.15, 0.2) is 28.0 Å². The summed E-state index contributed by atoms with van der Waals surface area (Å²) in [5.74, 6) is -0.104. The zero-order chi connectivity index (χ0) is 20.5. The third-order valence-corrected chi connectivity index (χ3v) is 6.49. The van der Waals surface area contributed by atoms with Crippen LogP contribution in [0, 0.1) is 19.7 Å². The first-order valence-electron chi connectivity index (χ1n) is 9.02. The van der Waals surface area contributed by atoms with Gasteiger partial charge in [0.05, 0.1) is 23.6 Å². The summed E-state index contributed by atoms with van der Waals surface area (Å²) < 4.78 is 21.3. The van der Waals surface area contributed by atoms with E-state index in [1.807, 2.05) is 20.1 Å². The Kier molecular flexibility index (Phi) is 5.51. The van der Waals surface area contributed by atoms with Gasteiger partial charge in [0.2, 0.25) is 0 Å². The molecule has 1 aliphatic heterocycles. The summed E-state index contributed by atoms with van der Waals surface area (Å²) in [6.45, 7) is 3.98. The number of rotatable bonds is 5. The summed E-state index contributed by atoms with van der Waals surface area (Å²) in [5, 5.41) is 4.56. The number of amides is 1. The third kappa shape index (κ3) is 3.97. The molecule has 0 saturated heterocycles. The lowest BCUT2D eigenvalue weighted by atomic mass is 10.0. The number of nitrogens with one attached hydrogen (secondary N) is 1. The minimum atomic E-state index is -0.360. The normalized spacial score (nSPS) is 15.1. The molecule has 2 aromatic heterocycles. The average Bonchev–Trinajstić information content (AvgIpc) is 3.36. The van der Waals surface area contributed by atoms with E-state index in [-0.39, 0.29) is 24.4 Å². The van der Waals surface area contributed by atoms with Gasteiger partial charge >= 0.3 is 0 Å². The highest BCUT2D eigenvalue weighted by Gasteiger charge is 2.30. The molecule has 0 radical (unpaired) electrons. The van der Waals surface area contributed by atoms with Crippen LogP contribution in [0.1, 0.15) is 27.4 Å². The molecule has 9 heteroatoms. The molecule has 29 heavy (non-hydrogen) atoms. The highest BCUT2D eigenvalue weighted by Crippen LogP contribution is 2.40. The average molecular weight is 431 g/mol. The van der Waals surface area contributed by atoms with Crippen molar-refractivity contribution >= 4 is 29.0 Å². The number of fused-ring (bicyclic) bond motifs is 1. The van der Waals surface area contributed by atoms with Crippen LogP contribution >= 0.6 is 23.1 Å². The summed E-state index contributed by atoms with van der Waals surface area (Å²) in [7, 11) is 0. The standard InChI is InChI=1S/C20H19FN4O2S2/c1-10-7-22-11(2)17(24-10)13-4-5-15(21)14-6-12(27-18(13)14)8-23-19(26)16-9-29-20(25-16)28-3/h4-5,7,9,12H,6,8H2,1-3H3,(H,23,26). The number of nitrogens with zero attached hydrogens (tertiary/aromatic N) is 3. The Labute approximate surface area is 176 Å². The van der Waals surface area contributed by atoms with Crippen molar-refractivity contribution in [1.29, 1.82) is 0 Å². The molecule has 1 atom stereocenters. The molecule has 1 unspecified atom stereocenters. The predicted molar refractivity (Wildman–Crippen MR) is 111 cm³/mol. The number of ether oxygens (including phenoxy) is 1. The van der Waals surface area contributed by atoms with Crippen molar-refractivity contribution in [1.82, 2.24) is 20.3 Å². The lowest BCUT2D eigenvalue weighted by molar-refractivity contribution is 0.0929. The largest absolute Gasteiger partial charge is 0.487 e. The Hall–Kier alpha value is -2.52. The molecule has 3 heterocycles. The first-order valence-corrected chi connectivity index (χ1v) is 11.1. The SMILES string of the molecule is CSc1nc(C(=O)NCC2Cc3c(F)ccc(-c4nc(C)cnc4C)c3O2)cs1. The van der Waals surface area contributed by atoms with Crippen LogP contribution in [0.3, 0.4) is 0 Å². The zero-order valence-electron chi connectivity index (χ0n) is 16.2. The summed E-state index contributed by atoms with van der Waals surface area (Å²) in [6.07, 6.45) is 3.63. The van der Waals surface area contributed by atoms with Crippen LogP contribution in [-0.4, -0.2) is 39.8 Å². The van der Waals surface area contributed by atoms with E-state index in [1.165, 1.54) is 29.2 Å². The van der Waals surface area contributed by atoms with Gasteiger partial charge in [-0.3, -0.25) is 9.78 Å². The molecule has 0 bridgehead atoms. The molecular weight excluding hydrogens is 411 g/mol. The van der Waals surface area contributed by atoms with E-state index in [4.69, 9.17) is 4.74 Å². The highest BCUT2D eigenvalue weighted by molar-refractivity contribution is 8.00. The molecule has 1 aromatic carbocycles. The van der Waals surface area contributed by atoms with E-state index >= 15 is 0 Å². The first kappa shape index (κ1) is 19.8. The Morgan fingerprint density at radius 1 is 1.38 bits per heavy atom. The molecule has 0 saturated carbocycles. The van der Waals surface area contributed by atoms with Crippen LogP contribution in [-0.2, 0) is 6.42 Å². The van der Waals surface area contributed by atoms with Crippen molar-refractivity contribution in [3.63, 3.8) is 0 Å². The number of carbonyl (C=O) groups is 1. The van der Waals surface area contributed by atoms with Gasteiger partial charge in [-0.2, -0.15) is 0 Å². The molecule has 1 amide bonds. The van der Waals surface area contributed by atoms with Crippen LogP contribution in [0.2, 0.25) is 0 Å². The monoisotopic (exact) mass is 430 g/mol. The first-order chi connectivity index (χ1) is 14.0. The second-order valence-electron chi connectivity index (χ2n) is 6.70. The van der Waals surface area contributed by atoms with Crippen LogP contribution in [0.4, 0.5) is 4.39 Å². The number of halogens is 1. The van der Waals surface area contributed by atoms with Gasteiger partial charge in [0, 0.05) is 29.1 Å². The number of aromatic nitrogens is 3. The maximum Gasteiger partial charge on any atom is 0.270 e. The van der Waals surface area contributed by atoms with Crippen molar-refractivity contribution in [2.45, 2.75) is 30.7 Å². The van der Waals surface area contributed by atoms with E-state index in [2.05, 4.69) is 20.3 Å². The molecule has 4 rings (SSSR count). The maximum absolute atomic E-state index is 14.4. The van der Waals surface area contributed by atoms with E-state index in [0.29, 0.717) is 34.7 Å². The Balaban J connectivity index is 1.52. The fourth-order valence-corrected chi connectivity index (χ4v) is 4.45. The summed E-state index contributed by atoms with van der Waals surface area (Å²) >= 11 is 2.92. The van der Waals surface area contributed by atoms with Crippen LogP contribution in [0.25, 0.3) is 11.3 Å². The van der Waals surface area contributed by atoms with E-state index in [9.17, 15) is 9.18 Å². The molecule has 1 N–H and O–H groups in total. The number of hydrogen-bond acceptors (Lipinski definition) is 7. The van der Waals surface area contributed by atoms with Gasteiger partial charge in [0.25, 0.3) is 5.91 Å². The fraction of sp³-hybridized carbons (Fsp3) is 0.300. The van der Waals surface area contributed by atoms with Gasteiger partial charge < -0.3 is 10.1 Å².